The summed E-state index contributed by atoms with van der Waals surface area (Å²) in [7, 11) is 0. The van der Waals surface area contributed by atoms with Gasteiger partial charge in [0.1, 0.15) is 11.5 Å². The molecule has 1 aromatic carbocycles. The highest BCUT2D eigenvalue weighted by Crippen LogP contribution is 2.42. The first-order valence-electron chi connectivity index (χ1n) is 7.54. The molecule has 1 heterocycles. The molecule has 0 saturated carbocycles. The molecule has 0 aliphatic carbocycles. The van der Waals surface area contributed by atoms with Gasteiger partial charge in [-0.3, -0.25) is 14.9 Å². The molecule has 0 unspecified atom stereocenters. The van der Waals surface area contributed by atoms with Crippen LogP contribution in [0.15, 0.2) is 34.7 Å². The average Bonchev–Trinajstić information content (AvgIpc) is 3.00. The number of nitrogens with one attached hydrogen (secondary N) is 1. The largest absolute Gasteiger partial charge is 0.463 e. The van der Waals surface area contributed by atoms with E-state index in [1.54, 1.807) is 0 Å². The van der Waals surface area contributed by atoms with Gasteiger partial charge in [-0.05, 0) is 25.1 Å². The minimum atomic E-state index is -5.03. The van der Waals surface area contributed by atoms with Crippen LogP contribution in [0.5, 0.6) is 0 Å². The van der Waals surface area contributed by atoms with Crippen LogP contribution in [0, 0.1) is 17.0 Å². The Morgan fingerprint density at radius 2 is 2.00 bits per heavy atom. The summed E-state index contributed by atoms with van der Waals surface area (Å²) in [5.41, 5.74) is -3.77. The highest BCUT2D eigenvalue weighted by Gasteiger charge is 2.56. The van der Waals surface area contributed by atoms with E-state index in [-0.39, 0.29) is 22.0 Å². The third-order valence-electron chi connectivity index (χ3n) is 3.80. The number of non-ortho nitro benzene ring substituents is 1. The smallest absolute Gasteiger partial charge is 0.424 e. The van der Waals surface area contributed by atoms with Gasteiger partial charge in [-0.25, -0.2) is 0 Å². The van der Waals surface area contributed by atoms with Crippen LogP contribution in [-0.4, -0.2) is 28.7 Å². The zero-order valence-electron chi connectivity index (χ0n) is 13.8. The number of nitro benzene ring substituents is 1. The summed E-state index contributed by atoms with van der Waals surface area (Å²) < 4.78 is 44.9. The monoisotopic (exact) mass is 406 g/mol. The maximum absolute atomic E-state index is 13.3. The number of hydrogen-bond donors (Lipinski definition) is 2. The van der Waals surface area contributed by atoms with E-state index in [0.717, 1.165) is 24.3 Å². The van der Waals surface area contributed by atoms with Crippen molar-refractivity contribution in [3.63, 3.8) is 0 Å². The Morgan fingerprint density at radius 1 is 1.33 bits per heavy atom. The molecule has 146 valence electrons. The van der Waals surface area contributed by atoms with Gasteiger partial charge in [0.15, 0.2) is 0 Å². The predicted molar refractivity (Wildman–Crippen MR) is 88.5 cm³/mol. The molecule has 1 amide bonds. The quantitative estimate of drug-likeness (QED) is 0.561. The second kappa shape index (κ2) is 7.57. The van der Waals surface area contributed by atoms with Gasteiger partial charge in [0.05, 0.1) is 15.5 Å². The molecular formula is C16H14ClF3N2O5. The van der Waals surface area contributed by atoms with Crippen molar-refractivity contribution in [3.8, 4) is 0 Å². The van der Waals surface area contributed by atoms with Crippen molar-refractivity contribution in [1.82, 2.24) is 5.32 Å². The first kappa shape index (κ1) is 20.7. The Morgan fingerprint density at radius 3 is 2.48 bits per heavy atom. The standard InChI is InChI=1S/C16H14ClF3N2O5/c1-9-2-5-13(27-9)15(24,16(18,19)20)6-7-21-14(23)11-4-3-10(22(25)26)8-12(11)17/h2-5,8,24H,6-7H2,1H3,(H,21,23)/t15-/m1/s1. The van der Waals surface area contributed by atoms with Crippen molar-refractivity contribution in [2.24, 2.45) is 0 Å². The zero-order valence-corrected chi connectivity index (χ0v) is 14.6. The fraction of sp³-hybridized carbons (Fsp3) is 0.312. The number of furan rings is 1. The van der Waals surface area contributed by atoms with Crippen molar-refractivity contribution in [2.75, 3.05) is 6.54 Å². The number of nitrogens with zero attached hydrogens (tertiary/aromatic N) is 1. The van der Waals surface area contributed by atoms with Gasteiger partial charge < -0.3 is 14.8 Å². The molecular weight excluding hydrogens is 393 g/mol. The molecule has 0 aliphatic rings. The molecule has 0 aliphatic heterocycles. The van der Waals surface area contributed by atoms with Crippen molar-refractivity contribution in [2.45, 2.75) is 25.1 Å². The van der Waals surface area contributed by atoms with Gasteiger partial charge in [-0.1, -0.05) is 11.6 Å². The lowest BCUT2D eigenvalue weighted by atomic mass is 9.95. The summed E-state index contributed by atoms with van der Waals surface area (Å²) >= 11 is 5.80. The lowest BCUT2D eigenvalue weighted by molar-refractivity contribution is -0.384. The van der Waals surface area contributed by atoms with Gasteiger partial charge in [0.2, 0.25) is 5.60 Å². The molecule has 11 heteroatoms. The van der Waals surface area contributed by atoms with Crippen molar-refractivity contribution < 1.29 is 32.4 Å². The zero-order chi connectivity index (χ0) is 20.4. The fourth-order valence-electron chi connectivity index (χ4n) is 2.32. The fourth-order valence-corrected chi connectivity index (χ4v) is 2.58. The van der Waals surface area contributed by atoms with Crippen LogP contribution in [0.1, 0.15) is 28.3 Å². The number of rotatable bonds is 6. The molecule has 0 radical (unpaired) electrons. The first-order chi connectivity index (χ1) is 12.5. The van der Waals surface area contributed by atoms with Crippen LogP contribution >= 0.6 is 11.6 Å². The number of benzene rings is 1. The molecule has 27 heavy (non-hydrogen) atoms. The summed E-state index contributed by atoms with van der Waals surface area (Å²) in [6, 6.07) is 5.37. The Kier molecular flexibility index (Phi) is 5.81. The Balaban J connectivity index is 2.11. The number of hydrogen-bond acceptors (Lipinski definition) is 5. The summed E-state index contributed by atoms with van der Waals surface area (Å²) in [6.07, 6.45) is -5.94. The van der Waals surface area contributed by atoms with E-state index in [1.807, 2.05) is 0 Å². The van der Waals surface area contributed by atoms with Crippen LogP contribution in [0.4, 0.5) is 18.9 Å². The molecule has 7 nitrogen and oxygen atoms in total. The van der Waals surface area contributed by atoms with E-state index in [0.29, 0.717) is 0 Å². The number of alkyl halides is 3. The molecule has 2 N–H and O–H groups in total. The van der Waals surface area contributed by atoms with E-state index >= 15 is 0 Å². The van der Waals surface area contributed by atoms with Crippen LogP contribution < -0.4 is 5.32 Å². The van der Waals surface area contributed by atoms with E-state index in [9.17, 15) is 33.2 Å². The van der Waals surface area contributed by atoms with E-state index < -0.39 is 41.3 Å². The topological polar surface area (TPSA) is 106 Å². The number of aliphatic hydroxyl groups is 1. The summed E-state index contributed by atoms with van der Waals surface area (Å²) in [6.45, 7) is 0.876. The van der Waals surface area contributed by atoms with E-state index in [2.05, 4.69) is 5.32 Å². The maximum Gasteiger partial charge on any atom is 0.424 e. The predicted octanol–water partition coefficient (Wildman–Crippen LogP) is 3.72. The van der Waals surface area contributed by atoms with Gasteiger partial charge >= 0.3 is 6.18 Å². The highest BCUT2D eigenvalue weighted by molar-refractivity contribution is 6.34. The number of halogens is 4. The molecule has 1 atom stereocenters. The average molecular weight is 407 g/mol. The van der Waals surface area contributed by atoms with Crippen LogP contribution in [0.2, 0.25) is 5.02 Å². The Bertz CT molecular complexity index is 868. The Labute approximate surface area is 155 Å². The van der Waals surface area contributed by atoms with Gasteiger partial charge in [-0.15, -0.1) is 0 Å². The third kappa shape index (κ3) is 4.40. The molecule has 0 fully saturated rings. The summed E-state index contributed by atoms with van der Waals surface area (Å²) in [4.78, 5) is 22.0. The minimum Gasteiger partial charge on any atom is -0.463 e. The lowest BCUT2D eigenvalue weighted by Crippen LogP contribution is -2.44. The number of aryl methyl sites for hydroxylation is 1. The first-order valence-corrected chi connectivity index (χ1v) is 7.91. The molecule has 2 aromatic rings. The number of amides is 1. The Hall–Kier alpha value is -2.59. The number of carbonyl (C=O) groups excluding carboxylic acids is 1. The molecule has 0 bridgehead atoms. The number of nitro groups is 1. The van der Waals surface area contributed by atoms with Gasteiger partial charge in [0.25, 0.3) is 11.6 Å². The number of carbonyl (C=O) groups is 1. The third-order valence-corrected chi connectivity index (χ3v) is 4.11. The summed E-state index contributed by atoms with van der Waals surface area (Å²) in [5.74, 6) is -1.33. The van der Waals surface area contributed by atoms with E-state index in [4.69, 9.17) is 16.0 Å². The molecule has 0 saturated heterocycles. The van der Waals surface area contributed by atoms with Gasteiger partial charge in [0, 0.05) is 25.1 Å². The molecule has 0 spiro atoms. The molecule has 1 aromatic heterocycles. The van der Waals surface area contributed by atoms with Crippen molar-refractivity contribution in [1.29, 1.82) is 0 Å². The van der Waals surface area contributed by atoms with E-state index in [1.165, 1.54) is 13.0 Å². The second-order valence-electron chi connectivity index (χ2n) is 5.70. The van der Waals surface area contributed by atoms with Crippen LogP contribution in [0.25, 0.3) is 0 Å². The minimum absolute atomic E-state index is 0.147. The lowest BCUT2D eigenvalue weighted by Gasteiger charge is -2.28. The van der Waals surface area contributed by atoms with Crippen molar-refractivity contribution >= 4 is 23.2 Å². The van der Waals surface area contributed by atoms with Crippen molar-refractivity contribution in [3.05, 3.63) is 62.6 Å². The highest BCUT2D eigenvalue weighted by atomic mass is 35.5. The van der Waals surface area contributed by atoms with Gasteiger partial charge in [-0.2, -0.15) is 13.2 Å². The van der Waals surface area contributed by atoms with Crippen LogP contribution in [0.3, 0.4) is 0 Å². The normalized spacial score (nSPS) is 13.9. The summed E-state index contributed by atoms with van der Waals surface area (Å²) in [5, 5.41) is 22.7. The SMILES string of the molecule is Cc1ccc([C@](O)(CCNC(=O)c2ccc([N+](=O)[O-])cc2Cl)C(F)(F)F)o1. The maximum atomic E-state index is 13.3. The molecule has 2 rings (SSSR count). The van der Waals surface area contributed by atoms with Crippen LogP contribution in [-0.2, 0) is 5.60 Å². The second-order valence-corrected chi connectivity index (χ2v) is 6.10.